The number of nitrogens with zero attached hydrogens (tertiary/aromatic N) is 2. The van der Waals surface area contributed by atoms with Gasteiger partial charge < -0.3 is 18.9 Å². The highest BCUT2D eigenvalue weighted by Crippen LogP contribution is 2.41. The average molecular weight is 571 g/mol. The molecule has 1 saturated carbocycles. The molecule has 2 atom stereocenters. The maximum atomic E-state index is 13.9. The number of carbonyl (C=O) groups excluding carboxylic acids is 1. The number of aliphatic imine (C=N–C) groups is 1. The van der Waals surface area contributed by atoms with Gasteiger partial charge in [0.15, 0.2) is 28.2 Å². The first-order valence-electron chi connectivity index (χ1n) is 14.2. The Bertz CT molecular complexity index is 1470. The highest BCUT2D eigenvalue weighted by Gasteiger charge is 2.41. The van der Waals surface area contributed by atoms with Crippen LogP contribution in [-0.2, 0) is 11.4 Å². The van der Waals surface area contributed by atoms with Crippen LogP contribution in [-0.4, -0.2) is 35.4 Å². The number of thioether (sulfide) groups is 1. The number of rotatable bonds is 8. The summed E-state index contributed by atoms with van der Waals surface area (Å²) in [5, 5.41) is 0.750. The Hall–Kier alpha value is -3.91. The highest BCUT2D eigenvalue weighted by molar-refractivity contribution is 8.18. The fourth-order valence-electron chi connectivity index (χ4n) is 5.50. The first kappa shape index (κ1) is 27.3. The van der Waals surface area contributed by atoms with E-state index < -0.39 is 0 Å². The lowest BCUT2D eigenvalue weighted by atomic mass is 9.85. The van der Waals surface area contributed by atoms with Gasteiger partial charge in [-0.2, -0.15) is 0 Å². The van der Waals surface area contributed by atoms with E-state index in [0.29, 0.717) is 35.5 Å². The lowest BCUT2D eigenvalue weighted by Crippen LogP contribution is -2.44. The van der Waals surface area contributed by atoms with Crippen molar-refractivity contribution in [2.45, 2.75) is 52.2 Å². The van der Waals surface area contributed by atoms with Crippen LogP contribution in [0.4, 0.5) is 5.69 Å². The van der Waals surface area contributed by atoms with E-state index in [9.17, 15) is 4.79 Å². The summed E-state index contributed by atoms with van der Waals surface area (Å²) >= 11 is 1.45. The lowest BCUT2D eigenvalue weighted by molar-refractivity contribution is -0.124. The standard InChI is InChI=1S/C33H34N2O5S/c1-3-37-29-17-23(13-15-27(29)38-20-24-14-16-28-30(18-24)40-21-39-28)19-31-32(36)35(26-12-8-7-9-22(26)2)33(41-31)34-25-10-5-4-6-11-25/h4-6,10-11,13-19,22,26H,3,7-9,12,20-21H2,1-2H3/b31-19-,34-33?/t22-,26-/m0/s1. The molecule has 0 radical (unpaired) electrons. The molecule has 0 bridgehead atoms. The van der Waals surface area contributed by atoms with Gasteiger partial charge >= 0.3 is 0 Å². The molecule has 0 N–H and O–H groups in total. The summed E-state index contributed by atoms with van der Waals surface area (Å²) in [4.78, 5) is 21.4. The Kier molecular flexibility index (Phi) is 8.19. The monoisotopic (exact) mass is 570 g/mol. The second-order valence-electron chi connectivity index (χ2n) is 10.5. The fraction of sp³-hybridized carbons (Fsp3) is 0.333. The zero-order valence-corrected chi connectivity index (χ0v) is 24.2. The topological polar surface area (TPSA) is 69.6 Å². The van der Waals surface area contributed by atoms with Crippen LogP contribution in [0.3, 0.4) is 0 Å². The van der Waals surface area contributed by atoms with Crippen molar-refractivity contribution in [2.24, 2.45) is 10.9 Å². The Balaban J connectivity index is 1.25. The van der Waals surface area contributed by atoms with E-state index in [-0.39, 0.29) is 18.7 Å². The minimum absolute atomic E-state index is 0.0181. The number of amidine groups is 1. The summed E-state index contributed by atoms with van der Waals surface area (Å²) in [6.07, 6.45) is 6.41. The van der Waals surface area contributed by atoms with Crippen molar-refractivity contribution in [3.05, 3.63) is 82.8 Å². The van der Waals surface area contributed by atoms with Crippen molar-refractivity contribution in [2.75, 3.05) is 13.4 Å². The van der Waals surface area contributed by atoms with Crippen LogP contribution in [0.5, 0.6) is 23.0 Å². The molecule has 41 heavy (non-hydrogen) atoms. The molecule has 0 spiro atoms. The average Bonchev–Trinajstić information content (AvgIpc) is 3.57. The van der Waals surface area contributed by atoms with Crippen molar-refractivity contribution < 1.29 is 23.7 Å². The number of fused-ring (bicyclic) bond motifs is 1. The van der Waals surface area contributed by atoms with E-state index in [1.54, 1.807) is 0 Å². The van der Waals surface area contributed by atoms with Gasteiger partial charge in [0.05, 0.1) is 17.2 Å². The molecule has 2 fully saturated rings. The number of hydrogen-bond acceptors (Lipinski definition) is 7. The van der Waals surface area contributed by atoms with Crippen molar-refractivity contribution in [3.63, 3.8) is 0 Å². The molecular weight excluding hydrogens is 536 g/mol. The quantitative estimate of drug-likeness (QED) is 0.260. The summed E-state index contributed by atoms with van der Waals surface area (Å²) in [6, 6.07) is 21.6. The predicted octanol–water partition coefficient (Wildman–Crippen LogP) is 7.58. The number of ether oxygens (including phenoxy) is 4. The lowest BCUT2D eigenvalue weighted by Gasteiger charge is -2.35. The van der Waals surface area contributed by atoms with Gasteiger partial charge in [-0.25, -0.2) is 4.99 Å². The van der Waals surface area contributed by atoms with E-state index in [4.69, 9.17) is 23.9 Å². The molecule has 3 aromatic carbocycles. The molecule has 1 aliphatic carbocycles. The zero-order valence-electron chi connectivity index (χ0n) is 23.4. The second-order valence-corrected chi connectivity index (χ2v) is 11.5. The van der Waals surface area contributed by atoms with Crippen LogP contribution in [0.2, 0.25) is 0 Å². The minimum atomic E-state index is 0.0181. The van der Waals surface area contributed by atoms with E-state index in [1.165, 1.54) is 18.2 Å². The highest BCUT2D eigenvalue weighted by atomic mass is 32.2. The van der Waals surface area contributed by atoms with Gasteiger partial charge in [0.1, 0.15) is 6.61 Å². The molecule has 7 nitrogen and oxygen atoms in total. The van der Waals surface area contributed by atoms with Crippen LogP contribution in [0.15, 0.2) is 76.6 Å². The third-order valence-electron chi connectivity index (χ3n) is 7.61. The third-order valence-corrected chi connectivity index (χ3v) is 8.60. The molecular formula is C33H34N2O5S. The molecule has 212 valence electrons. The molecule has 8 heteroatoms. The molecule has 0 aromatic heterocycles. The van der Waals surface area contributed by atoms with Gasteiger partial charge in [0.2, 0.25) is 6.79 Å². The number of hydrogen-bond donors (Lipinski definition) is 0. The van der Waals surface area contributed by atoms with E-state index >= 15 is 0 Å². The summed E-state index contributed by atoms with van der Waals surface area (Å²) in [5.41, 5.74) is 2.69. The zero-order chi connectivity index (χ0) is 28.2. The summed E-state index contributed by atoms with van der Waals surface area (Å²) in [5.74, 6) is 3.19. The van der Waals surface area contributed by atoms with Gasteiger partial charge in [-0.15, -0.1) is 0 Å². The summed E-state index contributed by atoms with van der Waals surface area (Å²) in [6.45, 7) is 5.29. The SMILES string of the molecule is CCOc1cc(/C=C2\SC(=Nc3ccccc3)N([C@H]3CCCC[C@@H]3C)C2=O)ccc1OCc1ccc2c(c1)OCO2. The third kappa shape index (κ3) is 6.07. The molecule has 6 rings (SSSR count). The molecule has 3 aromatic rings. The molecule has 1 saturated heterocycles. The van der Waals surface area contributed by atoms with Crippen molar-refractivity contribution in [1.82, 2.24) is 4.90 Å². The van der Waals surface area contributed by atoms with Crippen LogP contribution in [0.1, 0.15) is 50.7 Å². The largest absolute Gasteiger partial charge is 0.490 e. The van der Waals surface area contributed by atoms with Crippen LogP contribution in [0.25, 0.3) is 6.08 Å². The Labute approximate surface area is 245 Å². The summed E-state index contributed by atoms with van der Waals surface area (Å²) in [7, 11) is 0. The van der Waals surface area contributed by atoms with E-state index in [2.05, 4.69) is 6.92 Å². The fourth-order valence-corrected chi connectivity index (χ4v) is 6.54. The Morgan fingerprint density at radius 2 is 1.80 bits per heavy atom. The molecule has 1 amide bonds. The maximum Gasteiger partial charge on any atom is 0.267 e. The van der Waals surface area contributed by atoms with Crippen LogP contribution in [0, 0.1) is 5.92 Å². The first-order valence-corrected chi connectivity index (χ1v) is 15.1. The molecule has 2 aliphatic heterocycles. The number of carbonyl (C=O) groups is 1. The van der Waals surface area contributed by atoms with Crippen LogP contribution >= 0.6 is 11.8 Å². The van der Waals surface area contributed by atoms with Gasteiger partial charge in [0.25, 0.3) is 5.91 Å². The molecule has 2 heterocycles. The molecule has 3 aliphatic rings. The molecule has 0 unspecified atom stereocenters. The summed E-state index contributed by atoms with van der Waals surface area (Å²) < 4.78 is 23.0. The Morgan fingerprint density at radius 3 is 2.63 bits per heavy atom. The van der Waals surface area contributed by atoms with Crippen LogP contribution < -0.4 is 18.9 Å². The van der Waals surface area contributed by atoms with Gasteiger partial charge in [-0.1, -0.05) is 50.1 Å². The maximum absolute atomic E-state index is 13.9. The predicted molar refractivity (Wildman–Crippen MR) is 162 cm³/mol. The van der Waals surface area contributed by atoms with E-state index in [0.717, 1.165) is 52.7 Å². The van der Waals surface area contributed by atoms with Crippen molar-refractivity contribution in [1.29, 1.82) is 0 Å². The van der Waals surface area contributed by atoms with Gasteiger partial charge in [-0.05, 0) is 91.0 Å². The Morgan fingerprint density at radius 1 is 0.976 bits per heavy atom. The van der Waals surface area contributed by atoms with Crippen molar-refractivity contribution in [3.8, 4) is 23.0 Å². The normalized spacial score (nSPS) is 22.0. The number of benzene rings is 3. The smallest absolute Gasteiger partial charge is 0.267 e. The van der Waals surface area contributed by atoms with Gasteiger partial charge in [0, 0.05) is 6.04 Å². The van der Waals surface area contributed by atoms with Crippen molar-refractivity contribution >= 4 is 34.6 Å². The number of para-hydroxylation sites is 1. The van der Waals surface area contributed by atoms with E-state index in [1.807, 2.05) is 84.6 Å². The minimum Gasteiger partial charge on any atom is -0.490 e. The number of amides is 1. The second kappa shape index (κ2) is 12.3. The first-order chi connectivity index (χ1) is 20.1. The van der Waals surface area contributed by atoms with Gasteiger partial charge in [-0.3, -0.25) is 9.69 Å².